The summed E-state index contributed by atoms with van der Waals surface area (Å²) in [6, 6.07) is 13.5. The Kier molecular flexibility index (Phi) is 5.78. The Hall–Kier alpha value is -3.02. The third-order valence-corrected chi connectivity index (χ3v) is 3.27. The standard InChI is InChI=1S/C18H19NO5/c1-12(24-16-9-5-8-15(11-16)22-2)17(20)19-14-7-4-6-13(10-14)18(21)23-3/h4-12H,1-3H3,(H,19,20). The number of benzene rings is 2. The molecule has 1 N–H and O–H groups in total. The van der Waals surface area contributed by atoms with E-state index in [4.69, 9.17) is 9.47 Å². The molecule has 0 saturated carbocycles. The maximum Gasteiger partial charge on any atom is 0.337 e. The van der Waals surface area contributed by atoms with Crippen molar-refractivity contribution in [2.45, 2.75) is 13.0 Å². The van der Waals surface area contributed by atoms with Gasteiger partial charge < -0.3 is 19.5 Å². The van der Waals surface area contributed by atoms with Crippen molar-refractivity contribution < 1.29 is 23.8 Å². The van der Waals surface area contributed by atoms with E-state index >= 15 is 0 Å². The molecule has 0 fully saturated rings. The maximum atomic E-state index is 12.2. The van der Waals surface area contributed by atoms with Crippen molar-refractivity contribution in [1.29, 1.82) is 0 Å². The van der Waals surface area contributed by atoms with Gasteiger partial charge in [-0.1, -0.05) is 12.1 Å². The van der Waals surface area contributed by atoms with Gasteiger partial charge in [-0.05, 0) is 37.3 Å². The molecule has 0 aliphatic rings. The summed E-state index contributed by atoms with van der Waals surface area (Å²) in [6.07, 6.45) is -0.723. The molecule has 6 nitrogen and oxygen atoms in total. The average molecular weight is 329 g/mol. The molecule has 0 aliphatic heterocycles. The summed E-state index contributed by atoms with van der Waals surface area (Å²) < 4.78 is 15.4. The molecule has 1 amide bonds. The summed E-state index contributed by atoms with van der Waals surface area (Å²) in [5.74, 6) is 0.373. The number of ether oxygens (including phenoxy) is 3. The first kappa shape index (κ1) is 17.3. The van der Waals surface area contributed by atoms with Gasteiger partial charge in [0.15, 0.2) is 6.10 Å². The SMILES string of the molecule is COC(=O)c1cccc(NC(=O)C(C)Oc2cccc(OC)c2)c1. The van der Waals surface area contributed by atoms with Crippen LogP contribution in [0.4, 0.5) is 5.69 Å². The highest BCUT2D eigenvalue weighted by molar-refractivity contribution is 5.96. The second-order valence-corrected chi connectivity index (χ2v) is 5.00. The predicted molar refractivity (Wildman–Crippen MR) is 89.5 cm³/mol. The van der Waals surface area contributed by atoms with Gasteiger partial charge in [0.1, 0.15) is 11.5 Å². The first-order valence-electron chi connectivity index (χ1n) is 7.33. The molecule has 1 unspecified atom stereocenters. The number of rotatable bonds is 6. The van der Waals surface area contributed by atoms with Gasteiger partial charge in [0.25, 0.3) is 5.91 Å². The van der Waals surface area contributed by atoms with Gasteiger partial charge in [0, 0.05) is 11.8 Å². The quantitative estimate of drug-likeness (QED) is 0.825. The van der Waals surface area contributed by atoms with Crippen LogP contribution in [0.5, 0.6) is 11.5 Å². The van der Waals surface area contributed by atoms with Crippen LogP contribution in [0.3, 0.4) is 0 Å². The lowest BCUT2D eigenvalue weighted by molar-refractivity contribution is -0.122. The highest BCUT2D eigenvalue weighted by Gasteiger charge is 2.16. The van der Waals surface area contributed by atoms with E-state index in [9.17, 15) is 9.59 Å². The van der Waals surface area contributed by atoms with Gasteiger partial charge >= 0.3 is 5.97 Å². The van der Waals surface area contributed by atoms with Crippen molar-refractivity contribution in [2.24, 2.45) is 0 Å². The predicted octanol–water partition coefficient (Wildman–Crippen LogP) is 2.89. The Morgan fingerprint density at radius 1 is 1.00 bits per heavy atom. The van der Waals surface area contributed by atoms with Crippen LogP contribution in [0.25, 0.3) is 0 Å². The smallest absolute Gasteiger partial charge is 0.337 e. The molecule has 0 radical (unpaired) electrons. The minimum Gasteiger partial charge on any atom is -0.497 e. The van der Waals surface area contributed by atoms with E-state index < -0.39 is 12.1 Å². The highest BCUT2D eigenvalue weighted by atomic mass is 16.5. The maximum absolute atomic E-state index is 12.2. The van der Waals surface area contributed by atoms with Crippen molar-refractivity contribution >= 4 is 17.6 Å². The number of anilines is 1. The minimum atomic E-state index is -0.723. The van der Waals surface area contributed by atoms with Crippen LogP contribution in [0.1, 0.15) is 17.3 Å². The fourth-order valence-electron chi connectivity index (χ4n) is 2.02. The number of hydrogen-bond donors (Lipinski definition) is 1. The fourth-order valence-corrected chi connectivity index (χ4v) is 2.02. The zero-order chi connectivity index (χ0) is 17.5. The van der Waals surface area contributed by atoms with Gasteiger partial charge in [0.2, 0.25) is 0 Å². The van der Waals surface area contributed by atoms with E-state index in [1.165, 1.54) is 7.11 Å². The summed E-state index contributed by atoms with van der Waals surface area (Å²) >= 11 is 0. The number of hydrogen-bond acceptors (Lipinski definition) is 5. The van der Waals surface area contributed by atoms with E-state index in [0.29, 0.717) is 22.7 Å². The second kappa shape index (κ2) is 8.01. The van der Waals surface area contributed by atoms with Crippen LogP contribution in [0.2, 0.25) is 0 Å². The molecule has 2 rings (SSSR count). The molecular weight excluding hydrogens is 310 g/mol. The van der Waals surface area contributed by atoms with Gasteiger partial charge in [-0.3, -0.25) is 4.79 Å². The number of nitrogens with one attached hydrogen (secondary N) is 1. The molecule has 0 heterocycles. The lowest BCUT2D eigenvalue weighted by Gasteiger charge is -2.15. The first-order valence-corrected chi connectivity index (χ1v) is 7.33. The van der Waals surface area contributed by atoms with Crippen LogP contribution in [0, 0.1) is 0 Å². The minimum absolute atomic E-state index is 0.333. The number of carbonyl (C=O) groups excluding carboxylic acids is 2. The molecule has 0 aliphatic carbocycles. The monoisotopic (exact) mass is 329 g/mol. The molecule has 24 heavy (non-hydrogen) atoms. The topological polar surface area (TPSA) is 73.9 Å². The summed E-state index contributed by atoms with van der Waals surface area (Å²) in [5.41, 5.74) is 0.848. The van der Waals surface area contributed by atoms with Gasteiger partial charge in [-0.15, -0.1) is 0 Å². The Morgan fingerprint density at radius 2 is 1.71 bits per heavy atom. The van der Waals surface area contributed by atoms with E-state index in [1.807, 2.05) is 0 Å². The third kappa shape index (κ3) is 4.49. The molecule has 0 aromatic heterocycles. The molecular formula is C18H19NO5. The lowest BCUT2D eigenvalue weighted by Crippen LogP contribution is -2.30. The molecule has 0 saturated heterocycles. The molecule has 2 aromatic rings. The summed E-state index contributed by atoms with van der Waals surface area (Å²) in [4.78, 5) is 23.8. The van der Waals surface area contributed by atoms with Gasteiger partial charge in [-0.25, -0.2) is 4.79 Å². The van der Waals surface area contributed by atoms with Crippen molar-refractivity contribution in [3.63, 3.8) is 0 Å². The Bertz CT molecular complexity index is 729. The first-order chi connectivity index (χ1) is 11.5. The van der Waals surface area contributed by atoms with Crippen molar-refractivity contribution in [3.8, 4) is 11.5 Å². The molecule has 1 atom stereocenters. The number of esters is 1. The third-order valence-electron chi connectivity index (χ3n) is 3.27. The Morgan fingerprint density at radius 3 is 2.42 bits per heavy atom. The van der Waals surface area contributed by atoms with Crippen molar-refractivity contribution in [1.82, 2.24) is 0 Å². The van der Waals surface area contributed by atoms with Crippen molar-refractivity contribution in [3.05, 3.63) is 54.1 Å². The molecule has 2 aromatic carbocycles. The van der Waals surface area contributed by atoms with E-state index in [1.54, 1.807) is 62.6 Å². The largest absolute Gasteiger partial charge is 0.497 e. The van der Waals surface area contributed by atoms with E-state index in [-0.39, 0.29) is 5.91 Å². The van der Waals surface area contributed by atoms with Crippen LogP contribution in [0.15, 0.2) is 48.5 Å². The Balaban J connectivity index is 2.02. The van der Waals surface area contributed by atoms with Crippen LogP contribution in [-0.4, -0.2) is 32.2 Å². The van der Waals surface area contributed by atoms with E-state index in [2.05, 4.69) is 10.1 Å². The van der Waals surface area contributed by atoms with Crippen molar-refractivity contribution in [2.75, 3.05) is 19.5 Å². The van der Waals surface area contributed by atoms with E-state index in [0.717, 1.165) is 0 Å². The Labute approximate surface area is 140 Å². The number of amides is 1. The summed E-state index contributed by atoms with van der Waals surface area (Å²) in [5, 5.41) is 2.71. The second-order valence-electron chi connectivity index (χ2n) is 5.00. The normalized spacial score (nSPS) is 11.3. The highest BCUT2D eigenvalue weighted by Crippen LogP contribution is 2.20. The zero-order valence-corrected chi connectivity index (χ0v) is 13.7. The molecule has 126 valence electrons. The average Bonchev–Trinajstić information content (AvgIpc) is 2.61. The fraction of sp³-hybridized carbons (Fsp3) is 0.222. The van der Waals surface area contributed by atoms with Crippen LogP contribution < -0.4 is 14.8 Å². The zero-order valence-electron chi connectivity index (χ0n) is 13.7. The van der Waals surface area contributed by atoms with Gasteiger partial charge in [-0.2, -0.15) is 0 Å². The molecule has 6 heteroatoms. The van der Waals surface area contributed by atoms with Crippen LogP contribution in [-0.2, 0) is 9.53 Å². The van der Waals surface area contributed by atoms with Crippen LogP contribution >= 0.6 is 0 Å². The summed E-state index contributed by atoms with van der Waals surface area (Å²) in [7, 11) is 2.86. The number of methoxy groups -OCH3 is 2. The number of carbonyl (C=O) groups is 2. The molecule has 0 bridgehead atoms. The molecule has 0 spiro atoms. The summed E-state index contributed by atoms with van der Waals surface area (Å²) in [6.45, 7) is 1.64. The lowest BCUT2D eigenvalue weighted by atomic mass is 10.2. The van der Waals surface area contributed by atoms with Gasteiger partial charge in [0.05, 0.1) is 19.8 Å².